The van der Waals surface area contributed by atoms with Crippen molar-refractivity contribution in [3.05, 3.63) is 59.9 Å². The Hall–Kier alpha value is -1.35. The molecule has 0 aliphatic rings. The molecule has 0 N–H and O–H groups in total. The summed E-state index contributed by atoms with van der Waals surface area (Å²) >= 11 is 3.55. The molecule has 0 saturated carbocycles. The monoisotopic (exact) mass is 308 g/mol. The summed E-state index contributed by atoms with van der Waals surface area (Å²) in [6.07, 6.45) is 0.941. The van der Waals surface area contributed by atoms with Gasteiger partial charge in [0.15, 0.2) is 11.6 Å². The van der Waals surface area contributed by atoms with Gasteiger partial charge in [0.1, 0.15) is 5.75 Å². The van der Waals surface area contributed by atoms with Gasteiger partial charge in [-0.3, -0.25) is 0 Å². The lowest BCUT2D eigenvalue weighted by molar-refractivity contribution is 0.441. The quantitative estimate of drug-likeness (QED) is 0.681. The van der Waals surface area contributed by atoms with Crippen molar-refractivity contribution < 1.29 is 9.13 Å². The van der Waals surface area contributed by atoms with Crippen LogP contribution >= 0.6 is 15.9 Å². The number of hydrogen-bond acceptors (Lipinski definition) is 1. The third kappa shape index (κ3) is 3.10. The lowest BCUT2D eigenvalue weighted by atomic mass is 10.1. The molecule has 0 heterocycles. The largest absolute Gasteiger partial charge is 0.454 e. The summed E-state index contributed by atoms with van der Waals surface area (Å²) in [5.74, 6) is 0.547. The van der Waals surface area contributed by atoms with Crippen LogP contribution in [0.15, 0.2) is 48.5 Å². The average molecular weight is 309 g/mol. The van der Waals surface area contributed by atoms with E-state index in [1.54, 1.807) is 24.3 Å². The van der Waals surface area contributed by atoms with Gasteiger partial charge in [-0.25, -0.2) is 4.39 Å². The minimum Gasteiger partial charge on any atom is -0.454 e. The third-order valence-corrected chi connectivity index (χ3v) is 3.82. The number of hydrogen-bond donors (Lipinski definition) is 0. The van der Waals surface area contributed by atoms with E-state index in [9.17, 15) is 4.39 Å². The Bertz CT molecular complexity index is 513. The Balaban J connectivity index is 2.27. The highest BCUT2D eigenvalue weighted by molar-refractivity contribution is 9.09. The van der Waals surface area contributed by atoms with Gasteiger partial charge >= 0.3 is 0 Å². The van der Waals surface area contributed by atoms with Crippen LogP contribution in [0.1, 0.15) is 23.7 Å². The molecule has 0 amide bonds. The highest BCUT2D eigenvalue weighted by Crippen LogP contribution is 2.32. The second kappa shape index (κ2) is 6.01. The molecule has 0 aliphatic heterocycles. The summed E-state index contributed by atoms with van der Waals surface area (Å²) in [4.78, 5) is 0.219. The van der Waals surface area contributed by atoms with Crippen LogP contribution in [0.4, 0.5) is 4.39 Å². The van der Waals surface area contributed by atoms with Crippen LogP contribution in [0.3, 0.4) is 0 Å². The zero-order valence-corrected chi connectivity index (χ0v) is 11.7. The number of ether oxygens (including phenoxy) is 1. The molecule has 0 saturated heterocycles. The molecule has 2 aromatic carbocycles. The van der Waals surface area contributed by atoms with Crippen LogP contribution < -0.4 is 4.74 Å². The number of rotatable bonds is 4. The van der Waals surface area contributed by atoms with Crippen LogP contribution in [0, 0.1) is 5.82 Å². The van der Waals surface area contributed by atoms with Gasteiger partial charge in [0.25, 0.3) is 0 Å². The van der Waals surface area contributed by atoms with Gasteiger partial charge in [-0.1, -0.05) is 47.1 Å². The molecule has 1 nitrogen and oxygen atoms in total. The van der Waals surface area contributed by atoms with E-state index in [-0.39, 0.29) is 16.4 Å². The third-order valence-electron chi connectivity index (χ3n) is 2.65. The summed E-state index contributed by atoms with van der Waals surface area (Å²) in [6, 6.07) is 14.2. The molecule has 0 bridgehead atoms. The van der Waals surface area contributed by atoms with Crippen molar-refractivity contribution in [2.45, 2.75) is 18.2 Å². The Labute approximate surface area is 115 Å². The van der Waals surface area contributed by atoms with E-state index in [1.165, 1.54) is 6.07 Å². The molecule has 0 radical (unpaired) electrons. The highest BCUT2D eigenvalue weighted by atomic mass is 79.9. The maximum Gasteiger partial charge on any atom is 0.165 e. The van der Waals surface area contributed by atoms with Crippen LogP contribution in [0.2, 0.25) is 0 Å². The lowest BCUT2D eigenvalue weighted by Gasteiger charge is -2.11. The first kappa shape index (κ1) is 13.1. The summed E-state index contributed by atoms with van der Waals surface area (Å²) in [6.45, 7) is 2.07. The van der Waals surface area contributed by atoms with Gasteiger partial charge < -0.3 is 4.74 Å². The topological polar surface area (TPSA) is 9.23 Å². The van der Waals surface area contributed by atoms with Crippen molar-refractivity contribution in [2.24, 2.45) is 0 Å². The summed E-state index contributed by atoms with van der Waals surface area (Å²) in [5.41, 5.74) is 1.02. The molecule has 0 aliphatic carbocycles. The second-order valence-electron chi connectivity index (χ2n) is 3.98. The second-order valence-corrected chi connectivity index (χ2v) is 5.09. The average Bonchev–Trinajstić information content (AvgIpc) is 2.41. The molecule has 18 heavy (non-hydrogen) atoms. The smallest absolute Gasteiger partial charge is 0.165 e. The van der Waals surface area contributed by atoms with Gasteiger partial charge in [-0.15, -0.1) is 0 Å². The van der Waals surface area contributed by atoms with E-state index >= 15 is 0 Å². The van der Waals surface area contributed by atoms with Crippen molar-refractivity contribution >= 4 is 15.9 Å². The highest BCUT2D eigenvalue weighted by Gasteiger charge is 2.10. The van der Waals surface area contributed by atoms with Crippen molar-refractivity contribution in [2.75, 3.05) is 0 Å². The molecule has 0 fully saturated rings. The molecular weight excluding hydrogens is 295 g/mol. The molecule has 94 valence electrons. The maximum atomic E-state index is 13.7. The van der Waals surface area contributed by atoms with Crippen LogP contribution in [-0.4, -0.2) is 0 Å². The first-order chi connectivity index (χ1) is 8.70. The maximum absolute atomic E-state index is 13.7. The molecule has 2 rings (SSSR count). The first-order valence-electron chi connectivity index (χ1n) is 5.87. The Morgan fingerprint density at radius 1 is 1.17 bits per heavy atom. The van der Waals surface area contributed by atoms with Gasteiger partial charge in [-0.05, 0) is 36.2 Å². The van der Waals surface area contributed by atoms with Gasteiger partial charge in [0, 0.05) is 4.83 Å². The standard InChI is InChI=1S/C15H14BrFO/c1-2-13(16)11-8-9-14(17)15(10-11)18-12-6-4-3-5-7-12/h3-10,13H,2H2,1H3. The zero-order valence-electron chi connectivity index (χ0n) is 10.1. The predicted molar refractivity (Wildman–Crippen MR) is 74.9 cm³/mol. The van der Waals surface area contributed by atoms with E-state index in [0.29, 0.717) is 5.75 Å². The lowest BCUT2D eigenvalue weighted by Crippen LogP contribution is -1.93. The fourth-order valence-electron chi connectivity index (χ4n) is 1.64. The molecule has 0 spiro atoms. The minimum atomic E-state index is -0.349. The number of para-hydroxylation sites is 1. The SMILES string of the molecule is CCC(Br)c1ccc(F)c(Oc2ccccc2)c1. The zero-order chi connectivity index (χ0) is 13.0. The van der Waals surface area contributed by atoms with E-state index in [1.807, 2.05) is 18.2 Å². The first-order valence-corrected chi connectivity index (χ1v) is 6.78. The molecule has 0 aromatic heterocycles. The van der Waals surface area contributed by atoms with Crippen molar-refractivity contribution in [1.29, 1.82) is 0 Å². The van der Waals surface area contributed by atoms with E-state index < -0.39 is 0 Å². The van der Waals surface area contributed by atoms with Gasteiger partial charge in [0.2, 0.25) is 0 Å². The fourth-order valence-corrected chi connectivity index (χ4v) is 1.93. The summed E-state index contributed by atoms with van der Waals surface area (Å²) < 4.78 is 19.2. The van der Waals surface area contributed by atoms with E-state index in [0.717, 1.165) is 12.0 Å². The van der Waals surface area contributed by atoms with Crippen molar-refractivity contribution in [3.63, 3.8) is 0 Å². The van der Waals surface area contributed by atoms with Crippen LogP contribution in [0.25, 0.3) is 0 Å². The Morgan fingerprint density at radius 3 is 2.56 bits per heavy atom. The van der Waals surface area contributed by atoms with Crippen molar-refractivity contribution in [3.8, 4) is 11.5 Å². The van der Waals surface area contributed by atoms with Crippen molar-refractivity contribution in [1.82, 2.24) is 0 Å². The fraction of sp³-hybridized carbons (Fsp3) is 0.200. The molecule has 2 aromatic rings. The van der Waals surface area contributed by atoms with E-state index in [4.69, 9.17) is 4.74 Å². The number of alkyl halides is 1. The van der Waals surface area contributed by atoms with Gasteiger partial charge in [0.05, 0.1) is 0 Å². The van der Waals surface area contributed by atoms with Crippen LogP contribution in [0.5, 0.6) is 11.5 Å². The number of halogens is 2. The molecular formula is C15H14BrFO. The number of benzene rings is 2. The van der Waals surface area contributed by atoms with Gasteiger partial charge in [-0.2, -0.15) is 0 Å². The normalized spacial score (nSPS) is 12.2. The molecule has 1 unspecified atom stereocenters. The Kier molecular flexibility index (Phi) is 4.37. The van der Waals surface area contributed by atoms with E-state index in [2.05, 4.69) is 22.9 Å². The molecule has 1 atom stereocenters. The Morgan fingerprint density at radius 2 is 1.89 bits per heavy atom. The minimum absolute atomic E-state index is 0.219. The molecule has 3 heteroatoms. The summed E-state index contributed by atoms with van der Waals surface area (Å²) in [5, 5.41) is 0. The predicted octanol–water partition coefficient (Wildman–Crippen LogP) is 5.46. The van der Waals surface area contributed by atoms with Crippen LogP contribution in [-0.2, 0) is 0 Å². The summed E-state index contributed by atoms with van der Waals surface area (Å²) in [7, 11) is 0.